The Morgan fingerprint density at radius 3 is 2.36 bits per heavy atom. The largest absolute Gasteiger partial charge is 0.411 e. The minimum Gasteiger partial charge on any atom is -0.411 e. The molecule has 1 aliphatic rings. The Morgan fingerprint density at radius 2 is 1.82 bits per heavy atom. The number of hydrogen-bond acceptors (Lipinski definition) is 2. The predicted molar refractivity (Wildman–Crippen MR) is 101 cm³/mol. The van der Waals surface area contributed by atoms with Gasteiger partial charge in [0.2, 0.25) is 0 Å². The lowest BCUT2D eigenvalue weighted by Crippen LogP contribution is -2.46. The van der Waals surface area contributed by atoms with Crippen molar-refractivity contribution in [3.05, 3.63) is 35.9 Å². The van der Waals surface area contributed by atoms with Crippen molar-refractivity contribution in [1.82, 2.24) is 4.90 Å². The van der Waals surface area contributed by atoms with Crippen molar-refractivity contribution in [2.75, 3.05) is 6.54 Å². The minimum atomic E-state index is -1.72. The van der Waals surface area contributed by atoms with Crippen molar-refractivity contribution in [1.29, 1.82) is 0 Å². The fraction of sp³-hybridized carbons (Fsp3) is 0.667. The highest BCUT2D eigenvalue weighted by atomic mass is 79.9. The molecule has 2 rings (SSSR count). The van der Waals surface area contributed by atoms with E-state index in [9.17, 15) is 0 Å². The van der Waals surface area contributed by atoms with Gasteiger partial charge in [0.05, 0.1) is 10.9 Å². The van der Waals surface area contributed by atoms with Crippen LogP contribution in [-0.2, 0) is 11.0 Å². The molecule has 0 N–H and O–H groups in total. The minimum absolute atomic E-state index is 0.260. The Balaban J connectivity index is 2.04. The summed E-state index contributed by atoms with van der Waals surface area (Å²) in [7, 11) is -1.72. The van der Waals surface area contributed by atoms with Crippen molar-refractivity contribution in [2.24, 2.45) is 0 Å². The molecule has 1 aromatic rings. The van der Waals surface area contributed by atoms with Crippen LogP contribution >= 0.6 is 15.9 Å². The molecule has 1 saturated heterocycles. The van der Waals surface area contributed by atoms with E-state index in [-0.39, 0.29) is 5.04 Å². The zero-order valence-corrected chi connectivity index (χ0v) is 17.4. The molecule has 22 heavy (non-hydrogen) atoms. The Labute approximate surface area is 145 Å². The number of hydrogen-bond donors (Lipinski definition) is 0. The number of rotatable bonds is 4. The molecule has 0 spiro atoms. The van der Waals surface area contributed by atoms with Crippen molar-refractivity contribution < 1.29 is 4.43 Å². The molecular weight excluding hydrogens is 354 g/mol. The summed E-state index contributed by atoms with van der Waals surface area (Å²) in [6.07, 6.45) is 0.291. The SMILES string of the molecule is C[C@H]1[C@@H](Br)[C@@H](O[Si](C)(C)C(C)(C)C)CN1Cc1ccccc1. The fourth-order valence-electron chi connectivity index (χ4n) is 2.69. The van der Waals surface area contributed by atoms with Gasteiger partial charge in [-0.05, 0) is 30.6 Å². The third-order valence-electron chi connectivity index (χ3n) is 5.29. The van der Waals surface area contributed by atoms with Gasteiger partial charge in [0.25, 0.3) is 0 Å². The molecule has 0 saturated carbocycles. The maximum absolute atomic E-state index is 6.66. The fourth-order valence-corrected chi connectivity index (χ4v) is 4.83. The van der Waals surface area contributed by atoms with Gasteiger partial charge in [0.15, 0.2) is 8.32 Å². The first-order valence-electron chi connectivity index (χ1n) is 8.22. The first-order valence-corrected chi connectivity index (χ1v) is 12.0. The summed E-state index contributed by atoms with van der Waals surface area (Å²) >= 11 is 3.90. The average molecular weight is 384 g/mol. The summed E-state index contributed by atoms with van der Waals surface area (Å²) in [4.78, 5) is 2.94. The summed E-state index contributed by atoms with van der Waals surface area (Å²) in [6, 6.07) is 11.2. The monoisotopic (exact) mass is 383 g/mol. The van der Waals surface area contributed by atoms with Crippen molar-refractivity contribution in [3.63, 3.8) is 0 Å². The van der Waals surface area contributed by atoms with E-state index in [1.165, 1.54) is 5.56 Å². The lowest BCUT2D eigenvalue weighted by atomic mass is 10.2. The maximum Gasteiger partial charge on any atom is 0.192 e. The molecule has 0 amide bonds. The molecule has 4 heteroatoms. The van der Waals surface area contributed by atoms with Gasteiger partial charge in [-0.1, -0.05) is 67.0 Å². The standard InChI is InChI=1S/C18H30BrNOSi/c1-14-17(19)16(21-22(5,6)18(2,3)4)13-20(14)12-15-10-8-7-9-11-15/h7-11,14,16-17H,12-13H2,1-6H3/t14-,16-,17+/m0/s1. The van der Waals surface area contributed by atoms with Crippen molar-refractivity contribution in [2.45, 2.75) is 69.3 Å². The van der Waals surface area contributed by atoms with Gasteiger partial charge in [-0.2, -0.15) is 0 Å². The van der Waals surface area contributed by atoms with Gasteiger partial charge in [0, 0.05) is 19.1 Å². The van der Waals surface area contributed by atoms with E-state index in [4.69, 9.17) is 4.43 Å². The number of likely N-dealkylation sites (tertiary alicyclic amines) is 1. The van der Waals surface area contributed by atoms with Crippen LogP contribution in [0.4, 0.5) is 0 Å². The second-order valence-corrected chi connectivity index (χ2v) is 13.8. The van der Waals surface area contributed by atoms with E-state index in [0.29, 0.717) is 17.0 Å². The van der Waals surface area contributed by atoms with Crippen LogP contribution < -0.4 is 0 Å². The van der Waals surface area contributed by atoms with E-state index in [0.717, 1.165) is 13.1 Å². The van der Waals surface area contributed by atoms with Crippen molar-refractivity contribution >= 4 is 24.2 Å². The smallest absolute Gasteiger partial charge is 0.192 e. The van der Waals surface area contributed by atoms with Crippen LogP contribution in [0.5, 0.6) is 0 Å². The second kappa shape index (κ2) is 6.76. The topological polar surface area (TPSA) is 12.5 Å². The van der Waals surface area contributed by atoms with Crippen molar-refractivity contribution in [3.8, 4) is 0 Å². The van der Waals surface area contributed by atoms with Crippen LogP contribution in [0.25, 0.3) is 0 Å². The van der Waals surface area contributed by atoms with E-state index in [2.05, 4.69) is 92.0 Å². The molecule has 1 fully saturated rings. The van der Waals surface area contributed by atoms with Crippen LogP contribution in [0, 0.1) is 0 Å². The highest BCUT2D eigenvalue weighted by molar-refractivity contribution is 9.09. The Kier molecular flexibility index (Phi) is 5.58. The molecule has 1 aromatic carbocycles. The first-order chi connectivity index (χ1) is 10.1. The molecule has 1 heterocycles. The van der Waals surface area contributed by atoms with Crippen LogP contribution in [0.3, 0.4) is 0 Å². The van der Waals surface area contributed by atoms with Gasteiger partial charge < -0.3 is 4.43 Å². The van der Waals surface area contributed by atoms with Crippen LogP contribution in [0.15, 0.2) is 30.3 Å². The number of benzene rings is 1. The molecule has 1 aliphatic heterocycles. The lowest BCUT2D eigenvalue weighted by molar-refractivity contribution is 0.180. The van der Waals surface area contributed by atoms with Gasteiger partial charge in [-0.3, -0.25) is 4.90 Å². The second-order valence-electron chi connectivity index (χ2n) is 8.02. The van der Waals surface area contributed by atoms with E-state index >= 15 is 0 Å². The van der Waals surface area contributed by atoms with Gasteiger partial charge in [-0.15, -0.1) is 0 Å². The van der Waals surface area contributed by atoms with E-state index in [1.54, 1.807) is 0 Å². The number of nitrogens with zero attached hydrogens (tertiary/aromatic N) is 1. The van der Waals surface area contributed by atoms with Gasteiger partial charge in [-0.25, -0.2) is 0 Å². The lowest BCUT2D eigenvalue weighted by Gasteiger charge is -2.39. The zero-order valence-electron chi connectivity index (χ0n) is 14.8. The summed E-state index contributed by atoms with van der Waals surface area (Å²) in [5.74, 6) is 0. The summed E-state index contributed by atoms with van der Waals surface area (Å²) in [6.45, 7) is 15.9. The van der Waals surface area contributed by atoms with Gasteiger partial charge >= 0.3 is 0 Å². The molecule has 0 radical (unpaired) electrons. The normalized spacial score (nSPS) is 27.3. The zero-order chi connectivity index (χ0) is 16.5. The molecule has 3 atom stereocenters. The highest BCUT2D eigenvalue weighted by Crippen LogP contribution is 2.40. The summed E-state index contributed by atoms with van der Waals surface area (Å²) in [5.41, 5.74) is 1.38. The molecular formula is C18H30BrNOSi. The first kappa shape index (κ1) is 18.2. The van der Waals surface area contributed by atoms with Crippen LogP contribution in [-0.4, -0.2) is 36.7 Å². The molecule has 0 aromatic heterocycles. The average Bonchev–Trinajstić information content (AvgIpc) is 2.67. The van der Waals surface area contributed by atoms with Crippen LogP contribution in [0.2, 0.25) is 18.1 Å². The van der Waals surface area contributed by atoms with Crippen LogP contribution in [0.1, 0.15) is 33.3 Å². The van der Waals surface area contributed by atoms with E-state index < -0.39 is 8.32 Å². The maximum atomic E-state index is 6.66. The van der Waals surface area contributed by atoms with Gasteiger partial charge in [0.1, 0.15) is 0 Å². The Morgan fingerprint density at radius 1 is 1.23 bits per heavy atom. The molecule has 0 unspecified atom stereocenters. The highest BCUT2D eigenvalue weighted by Gasteiger charge is 2.45. The molecule has 0 aliphatic carbocycles. The third kappa shape index (κ3) is 4.02. The summed E-state index contributed by atoms with van der Waals surface area (Å²) < 4.78 is 6.66. The molecule has 2 nitrogen and oxygen atoms in total. The predicted octanol–water partition coefficient (Wildman–Crippen LogP) is 5.04. The number of halogens is 1. The number of alkyl halides is 1. The van der Waals surface area contributed by atoms with E-state index in [1.807, 2.05) is 0 Å². The Bertz CT molecular complexity index is 486. The quantitative estimate of drug-likeness (QED) is 0.532. The summed E-state index contributed by atoms with van der Waals surface area (Å²) in [5, 5.41) is 0.260. The molecule has 124 valence electrons. The Hall–Kier alpha value is -0.163. The molecule has 0 bridgehead atoms. The third-order valence-corrected chi connectivity index (χ3v) is 11.1.